The SMILES string of the molecule is COc1cccc(CNC(C)(C)C)c1OCc1ccc(Cl)cc1. The molecule has 0 amide bonds. The lowest BCUT2D eigenvalue weighted by atomic mass is 10.1. The van der Waals surface area contributed by atoms with Gasteiger partial charge >= 0.3 is 0 Å². The summed E-state index contributed by atoms with van der Waals surface area (Å²) >= 11 is 5.92. The number of hydrogen-bond donors (Lipinski definition) is 1. The van der Waals surface area contributed by atoms with E-state index in [4.69, 9.17) is 21.1 Å². The third-order valence-electron chi connectivity index (χ3n) is 3.39. The Labute approximate surface area is 143 Å². The molecule has 0 bridgehead atoms. The lowest BCUT2D eigenvalue weighted by Crippen LogP contribution is -2.35. The number of benzene rings is 2. The van der Waals surface area contributed by atoms with Crippen LogP contribution >= 0.6 is 11.6 Å². The fourth-order valence-corrected chi connectivity index (χ4v) is 2.25. The Hall–Kier alpha value is -1.71. The van der Waals surface area contributed by atoms with Crippen LogP contribution in [0, 0.1) is 0 Å². The van der Waals surface area contributed by atoms with E-state index in [-0.39, 0.29) is 5.54 Å². The van der Waals surface area contributed by atoms with Gasteiger partial charge in [0.2, 0.25) is 0 Å². The number of para-hydroxylation sites is 1. The van der Waals surface area contributed by atoms with Gasteiger partial charge in [-0.05, 0) is 44.5 Å². The van der Waals surface area contributed by atoms with Crippen molar-refractivity contribution >= 4 is 11.6 Å². The third kappa shape index (κ3) is 5.45. The van der Waals surface area contributed by atoms with Crippen LogP contribution in [-0.4, -0.2) is 12.6 Å². The molecule has 0 fully saturated rings. The van der Waals surface area contributed by atoms with Crippen molar-refractivity contribution in [3.8, 4) is 11.5 Å². The van der Waals surface area contributed by atoms with Gasteiger partial charge < -0.3 is 14.8 Å². The minimum atomic E-state index is 0.0382. The van der Waals surface area contributed by atoms with Crippen molar-refractivity contribution in [1.82, 2.24) is 5.32 Å². The molecule has 0 heterocycles. The summed E-state index contributed by atoms with van der Waals surface area (Å²) < 4.78 is 11.5. The Morgan fingerprint density at radius 2 is 1.74 bits per heavy atom. The quantitative estimate of drug-likeness (QED) is 0.822. The molecule has 4 heteroatoms. The standard InChI is InChI=1S/C19H24ClNO2/c1-19(2,3)21-12-15-6-5-7-17(22-4)18(15)23-13-14-8-10-16(20)11-9-14/h5-11,21H,12-13H2,1-4H3. The first-order chi connectivity index (χ1) is 10.9. The number of nitrogens with one attached hydrogen (secondary N) is 1. The monoisotopic (exact) mass is 333 g/mol. The summed E-state index contributed by atoms with van der Waals surface area (Å²) in [5.41, 5.74) is 2.18. The molecule has 0 aliphatic carbocycles. The molecule has 124 valence electrons. The largest absolute Gasteiger partial charge is 0.493 e. The van der Waals surface area contributed by atoms with Gasteiger partial charge in [-0.15, -0.1) is 0 Å². The van der Waals surface area contributed by atoms with Gasteiger partial charge in [0.25, 0.3) is 0 Å². The van der Waals surface area contributed by atoms with Gasteiger partial charge in [0.15, 0.2) is 11.5 Å². The molecule has 0 aliphatic rings. The van der Waals surface area contributed by atoms with Crippen LogP contribution in [0.1, 0.15) is 31.9 Å². The second-order valence-electron chi connectivity index (χ2n) is 6.47. The van der Waals surface area contributed by atoms with Gasteiger partial charge in [0.1, 0.15) is 6.61 Å². The first-order valence-electron chi connectivity index (χ1n) is 7.67. The summed E-state index contributed by atoms with van der Waals surface area (Å²) in [4.78, 5) is 0. The molecule has 1 N–H and O–H groups in total. The lowest BCUT2D eigenvalue weighted by Gasteiger charge is -2.22. The zero-order valence-corrected chi connectivity index (χ0v) is 14.9. The van der Waals surface area contributed by atoms with Crippen LogP contribution in [0.25, 0.3) is 0 Å². The van der Waals surface area contributed by atoms with E-state index in [0.29, 0.717) is 6.61 Å². The average Bonchev–Trinajstić information content (AvgIpc) is 2.51. The molecule has 0 aromatic heterocycles. The van der Waals surface area contributed by atoms with E-state index in [9.17, 15) is 0 Å². The van der Waals surface area contributed by atoms with Crippen molar-refractivity contribution < 1.29 is 9.47 Å². The van der Waals surface area contributed by atoms with Gasteiger partial charge in [-0.1, -0.05) is 35.9 Å². The molecule has 2 aromatic carbocycles. The Morgan fingerprint density at radius 1 is 1.04 bits per heavy atom. The predicted octanol–water partition coefficient (Wildman–Crippen LogP) is 4.82. The van der Waals surface area contributed by atoms with Crippen molar-refractivity contribution in [2.45, 2.75) is 39.5 Å². The summed E-state index contributed by atoms with van der Waals surface area (Å²) in [6.07, 6.45) is 0. The number of rotatable bonds is 6. The summed E-state index contributed by atoms with van der Waals surface area (Å²) in [5.74, 6) is 1.52. The average molecular weight is 334 g/mol. The Kier molecular flexibility index (Phi) is 5.91. The van der Waals surface area contributed by atoms with Crippen LogP contribution in [-0.2, 0) is 13.2 Å². The highest BCUT2D eigenvalue weighted by atomic mass is 35.5. The molecule has 0 saturated carbocycles. The highest BCUT2D eigenvalue weighted by molar-refractivity contribution is 6.30. The summed E-state index contributed by atoms with van der Waals surface area (Å²) in [6, 6.07) is 13.6. The number of methoxy groups -OCH3 is 1. The van der Waals surface area contributed by atoms with Crippen molar-refractivity contribution in [2.24, 2.45) is 0 Å². The minimum Gasteiger partial charge on any atom is -0.493 e. The van der Waals surface area contributed by atoms with Crippen LogP contribution in [0.3, 0.4) is 0 Å². The number of hydrogen-bond acceptors (Lipinski definition) is 3. The molecule has 2 aromatic rings. The molecule has 0 unspecified atom stereocenters. The molecule has 2 rings (SSSR count). The van der Waals surface area contributed by atoms with E-state index in [0.717, 1.165) is 34.2 Å². The maximum absolute atomic E-state index is 6.04. The van der Waals surface area contributed by atoms with E-state index >= 15 is 0 Å². The summed E-state index contributed by atoms with van der Waals surface area (Å²) in [7, 11) is 1.66. The molecular formula is C19H24ClNO2. The van der Waals surface area contributed by atoms with E-state index < -0.39 is 0 Å². The van der Waals surface area contributed by atoms with Crippen molar-refractivity contribution in [2.75, 3.05) is 7.11 Å². The second kappa shape index (κ2) is 7.71. The van der Waals surface area contributed by atoms with Crippen molar-refractivity contribution in [1.29, 1.82) is 0 Å². The Balaban J connectivity index is 2.15. The number of ether oxygens (including phenoxy) is 2. The van der Waals surface area contributed by atoms with E-state index in [2.05, 4.69) is 32.2 Å². The molecule has 3 nitrogen and oxygen atoms in total. The highest BCUT2D eigenvalue weighted by Gasteiger charge is 2.14. The number of halogens is 1. The first-order valence-corrected chi connectivity index (χ1v) is 8.05. The highest BCUT2D eigenvalue weighted by Crippen LogP contribution is 2.32. The van der Waals surface area contributed by atoms with Crippen LogP contribution in [0.5, 0.6) is 11.5 Å². The fraction of sp³-hybridized carbons (Fsp3) is 0.368. The van der Waals surface area contributed by atoms with Gasteiger partial charge in [-0.3, -0.25) is 0 Å². The smallest absolute Gasteiger partial charge is 0.166 e. The summed E-state index contributed by atoms with van der Waals surface area (Å²) in [6.45, 7) is 7.61. The molecule has 0 spiro atoms. The van der Waals surface area contributed by atoms with Crippen LogP contribution in [0.2, 0.25) is 5.02 Å². The van der Waals surface area contributed by atoms with Crippen LogP contribution < -0.4 is 14.8 Å². The van der Waals surface area contributed by atoms with Gasteiger partial charge in [-0.2, -0.15) is 0 Å². The third-order valence-corrected chi connectivity index (χ3v) is 3.64. The molecule has 23 heavy (non-hydrogen) atoms. The molecule has 0 aliphatic heterocycles. The minimum absolute atomic E-state index is 0.0382. The molecular weight excluding hydrogens is 310 g/mol. The normalized spacial score (nSPS) is 11.3. The lowest BCUT2D eigenvalue weighted by molar-refractivity contribution is 0.279. The van der Waals surface area contributed by atoms with Gasteiger partial charge in [-0.25, -0.2) is 0 Å². The van der Waals surface area contributed by atoms with E-state index in [1.807, 2.05) is 36.4 Å². The second-order valence-corrected chi connectivity index (χ2v) is 6.90. The summed E-state index contributed by atoms with van der Waals surface area (Å²) in [5, 5.41) is 4.21. The molecule has 0 saturated heterocycles. The van der Waals surface area contributed by atoms with Crippen LogP contribution in [0.4, 0.5) is 0 Å². The Morgan fingerprint density at radius 3 is 2.35 bits per heavy atom. The molecule has 0 radical (unpaired) electrons. The maximum atomic E-state index is 6.04. The fourth-order valence-electron chi connectivity index (χ4n) is 2.12. The topological polar surface area (TPSA) is 30.5 Å². The predicted molar refractivity (Wildman–Crippen MR) is 95.4 cm³/mol. The maximum Gasteiger partial charge on any atom is 0.166 e. The van der Waals surface area contributed by atoms with Gasteiger partial charge in [0, 0.05) is 22.7 Å². The van der Waals surface area contributed by atoms with E-state index in [1.54, 1.807) is 7.11 Å². The zero-order valence-electron chi connectivity index (χ0n) is 14.2. The first kappa shape index (κ1) is 17.6. The van der Waals surface area contributed by atoms with Crippen molar-refractivity contribution in [3.63, 3.8) is 0 Å². The van der Waals surface area contributed by atoms with E-state index in [1.165, 1.54) is 0 Å². The van der Waals surface area contributed by atoms with Gasteiger partial charge in [0.05, 0.1) is 7.11 Å². The van der Waals surface area contributed by atoms with Crippen LogP contribution in [0.15, 0.2) is 42.5 Å². The Bertz CT molecular complexity index is 633. The molecule has 0 atom stereocenters. The van der Waals surface area contributed by atoms with Crippen molar-refractivity contribution in [3.05, 3.63) is 58.6 Å². The zero-order chi connectivity index (χ0) is 16.9.